The van der Waals surface area contributed by atoms with Crippen molar-refractivity contribution >= 4 is 17.8 Å². The van der Waals surface area contributed by atoms with Crippen LogP contribution in [0.4, 0.5) is 5.69 Å². The van der Waals surface area contributed by atoms with E-state index in [9.17, 15) is 14.4 Å². The highest BCUT2D eigenvalue weighted by molar-refractivity contribution is 5.83. The maximum atomic E-state index is 11.7. The first-order valence-electron chi connectivity index (χ1n) is 6.73. The number of carbonyl (C=O) groups excluding carboxylic acids is 1. The molecule has 0 aliphatic rings. The number of nitrogens with one attached hydrogen (secondary N) is 3. The average molecular weight is 316 g/mol. The van der Waals surface area contributed by atoms with Gasteiger partial charge in [0.1, 0.15) is 5.69 Å². The molecule has 120 valence electrons. The molecule has 0 unspecified atom stereocenters. The Kier molecular flexibility index (Phi) is 5.03. The van der Waals surface area contributed by atoms with Crippen LogP contribution in [0.15, 0.2) is 39.0 Å². The van der Waals surface area contributed by atoms with Crippen molar-refractivity contribution in [1.82, 2.24) is 20.6 Å². The summed E-state index contributed by atoms with van der Waals surface area (Å²) in [5, 5.41) is 9.38. The van der Waals surface area contributed by atoms with Crippen molar-refractivity contribution in [2.24, 2.45) is 5.10 Å². The predicted molar refractivity (Wildman–Crippen MR) is 85.7 cm³/mol. The number of hydrogen-bond acceptors (Lipinski definition) is 6. The minimum atomic E-state index is -0.724. The fourth-order valence-corrected chi connectivity index (χ4v) is 1.72. The Labute approximate surface area is 131 Å². The summed E-state index contributed by atoms with van der Waals surface area (Å²) in [5.74, 6) is -0.517. The zero-order chi connectivity index (χ0) is 16.8. The summed E-state index contributed by atoms with van der Waals surface area (Å²) >= 11 is 0. The van der Waals surface area contributed by atoms with Crippen molar-refractivity contribution in [3.8, 4) is 0 Å². The van der Waals surface area contributed by atoms with E-state index in [0.29, 0.717) is 0 Å². The van der Waals surface area contributed by atoms with Crippen LogP contribution in [0.3, 0.4) is 0 Å². The number of hydrazone groups is 1. The Bertz CT molecular complexity index is 819. The molecule has 0 spiro atoms. The molecule has 9 heteroatoms. The van der Waals surface area contributed by atoms with E-state index in [-0.39, 0.29) is 12.1 Å². The summed E-state index contributed by atoms with van der Waals surface area (Å²) in [6.45, 7) is 0. The third kappa shape index (κ3) is 4.63. The third-order valence-electron chi connectivity index (χ3n) is 2.92. The van der Waals surface area contributed by atoms with Gasteiger partial charge < -0.3 is 4.90 Å². The Morgan fingerprint density at radius 2 is 2.00 bits per heavy atom. The van der Waals surface area contributed by atoms with Crippen LogP contribution < -0.4 is 21.6 Å². The van der Waals surface area contributed by atoms with E-state index in [1.165, 1.54) is 6.21 Å². The SMILES string of the molecule is CN(C)c1ccc(/C=N\NC(=O)Cc2n[nH]c(=O)[nH]c2=O)cc1. The van der Waals surface area contributed by atoms with Crippen LogP contribution in [0.5, 0.6) is 0 Å². The van der Waals surface area contributed by atoms with E-state index in [2.05, 4.69) is 20.7 Å². The molecule has 23 heavy (non-hydrogen) atoms. The number of hydrogen-bond donors (Lipinski definition) is 3. The molecule has 0 fully saturated rings. The van der Waals surface area contributed by atoms with Gasteiger partial charge in [-0.05, 0) is 17.7 Å². The maximum Gasteiger partial charge on any atom is 0.342 e. The number of anilines is 1. The molecule has 2 aromatic rings. The molecule has 2 rings (SSSR count). The lowest BCUT2D eigenvalue weighted by molar-refractivity contribution is -0.120. The standard InChI is InChI=1S/C14H16N6O3/c1-20(2)10-5-3-9(4-6-10)8-15-18-12(21)7-11-13(22)16-14(23)19-17-11/h3-6,8H,7H2,1-2H3,(H,18,21)(H2,16,19,22,23)/b15-8-. The van der Waals surface area contributed by atoms with Crippen LogP contribution in [0.2, 0.25) is 0 Å². The van der Waals surface area contributed by atoms with Crippen molar-refractivity contribution in [3.05, 3.63) is 56.4 Å². The molecule has 0 aliphatic carbocycles. The monoisotopic (exact) mass is 316 g/mol. The summed E-state index contributed by atoms with van der Waals surface area (Å²) in [7, 11) is 3.88. The molecule has 1 aromatic heterocycles. The Morgan fingerprint density at radius 3 is 2.61 bits per heavy atom. The number of aromatic nitrogens is 3. The van der Waals surface area contributed by atoms with Crippen LogP contribution in [0.1, 0.15) is 11.3 Å². The maximum absolute atomic E-state index is 11.7. The van der Waals surface area contributed by atoms with Gasteiger partial charge in [-0.2, -0.15) is 10.2 Å². The van der Waals surface area contributed by atoms with Crippen molar-refractivity contribution < 1.29 is 4.79 Å². The first-order valence-corrected chi connectivity index (χ1v) is 6.73. The van der Waals surface area contributed by atoms with E-state index >= 15 is 0 Å². The molecule has 0 atom stereocenters. The minimum Gasteiger partial charge on any atom is -0.378 e. The number of carbonyl (C=O) groups is 1. The number of amides is 1. The molecule has 0 aliphatic heterocycles. The number of nitrogens with zero attached hydrogens (tertiary/aromatic N) is 3. The number of H-pyrrole nitrogens is 2. The highest BCUT2D eigenvalue weighted by Gasteiger charge is 2.08. The second-order valence-electron chi connectivity index (χ2n) is 4.91. The molecule has 1 heterocycles. The molecule has 1 aromatic carbocycles. The van der Waals surface area contributed by atoms with Gasteiger partial charge in [0.2, 0.25) is 5.91 Å². The molecule has 1 amide bonds. The quantitative estimate of drug-likeness (QED) is 0.493. The van der Waals surface area contributed by atoms with E-state index < -0.39 is 17.2 Å². The third-order valence-corrected chi connectivity index (χ3v) is 2.92. The Balaban J connectivity index is 1.93. The molecule has 0 saturated heterocycles. The summed E-state index contributed by atoms with van der Waals surface area (Å²) in [6, 6.07) is 7.57. The molecular formula is C14H16N6O3. The lowest BCUT2D eigenvalue weighted by atomic mass is 10.2. The number of aromatic amines is 2. The predicted octanol–water partition coefficient (Wildman–Crippen LogP) is -0.783. The summed E-state index contributed by atoms with van der Waals surface area (Å²) in [5.41, 5.74) is 2.64. The molecule has 3 N–H and O–H groups in total. The average Bonchev–Trinajstić information content (AvgIpc) is 2.50. The zero-order valence-electron chi connectivity index (χ0n) is 12.7. The lowest BCUT2D eigenvalue weighted by Crippen LogP contribution is -2.31. The second-order valence-corrected chi connectivity index (χ2v) is 4.91. The van der Waals surface area contributed by atoms with Crippen LogP contribution in [-0.2, 0) is 11.2 Å². The summed E-state index contributed by atoms with van der Waals surface area (Å²) in [4.78, 5) is 37.8. The number of rotatable bonds is 5. The molecule has 0 radical (unpaired) electrons. The van der Waals surface area contributed by atoms with Crippen molar-refractivity contribution in [2.75, 3.05) is 19.0 Å². The van der Waals surface area contributed by atoms with Gasteiger partial charge in [0, 0.05) is 19.8 Å². The summed E-state index contributed by atoms with van der Waals surface area (Å²) in [6.07, 6.45) is 1.20. The van der Waals surface area contributed by atoms with Crippen LogP contribution in [0.25, 0.3) is 0 Å². The van der Waals surface area contributed by atoms with E-state index in [1.807, 2.05) is 48.2 Å². The highest BCUT2D eigenvalue weighted by atomic mass is 16.2. The van der Waals surface area contributed by atoms with Crippen LogP contribution in [0, 0.1) is 0 Å². The fraction of sp³-hybridized carbons (Fsp3) is 0.214. The van der Waals surface area contributed by atoms with E-state index in [0.717, 1.165) is 11.3 Å². The van der Waals surface area contributed by atoms with Crippen LogP contribution in [-0.4, -0.2) is 41.4 Å². The topological polar surface area (TPSA) is 123 Å². The number of benzene rings is 1. The molecule has 0 saturated carbocycles. The first-order chi connectivity index (χ1) is 11.0. The van der Waals surface area contributed by atoms with Crippen molar-refractivity contribution in [3.63, 3.8) is 0 Å². The van der Waals surface area contributed by atoms with Gasteiger partial charge in [0.25, 0.3) is 5.56 Å². The van der Waals surface area contributed by atoms with Crippen LogP contribution >= 0.6 is 0 Å². The van der Waals surface area contributed by atoms with Gasteiger partial charge in [-0.3, -0.25) is 14.6 Å². The van der Waals surface area contributed by atoms with E-state index in [4.69, 9.17) is 0 Å². The van der Waals surface area contributed by atoms with Crippen molar-refractivity contribution in [2.45, 2.75) is 6.42 Å². The van der Waals surface area contributed by atoms with Crippen molar-refractivity contribution in [1.29, 1.82) is 0 Å². The second kappa shape index (κ2) is 7.16. The largest absolute Gasteiger partial charge is 0.378 e. The Hall–Kier alpha value is -3.23. The van der Waals surface area contributed by atoms with Gasteiger partial charge in [-0.15, -0.1) is 0 Å². The molecule has 0 bridgehead atoms. The van der Waals surface area contributed by atoms with Gasteiger partial charge in [0.15, 0.2) is 0 Å². The molecule has 9 nitrogen and oxygen atoms in total. The lowest BCUT2D eigenvalue weighted by Gasteiger charge is -2.11. The smallest absolute Gasteiger partial charge is 0.342 e. The summed E-state index contributed by atoms with van der Waals surface area (Å²) < 4.78 is 0. The van der Waals surface area contributed by atoms with Gasteiger partial charge >= 0.3 is 5.69 Å². The molecular weight excluding hydrogens is 300 g/mol. The van der Waals surface area contributed by atoms with Gasteiger partial charge in [0.05, 0.1) is 12.6 Å². The fourth-order valence-electron chi connectivity index (χ4n) is 1.72. The minimum absolute atomic E-state index is 0.0902. The zero-order valence-corrected chi connectivity index (χ0v) is 12.7. The Morgan fingerprint density at radius 1 is 1.30 bits per heavy atom. The first kappa shape index (κ1) is 16.1. The van der Waals surface area contributed by atoms with Gasteiger partial charge in [-0.25, -0.2) is 15.3 Å². The van der Waals surface area contributed by atoms with E-state index in [1.54, 1.807) is 0 Å². The highest BCUT2D eigenvalue weighted by Crippen LogP contribution is 2.10. The van der Waals surface area contributed by atoms with Gasteiger partial charge in [-0.1, -0.05) is 12.1 Å². The normalized spacial score (nSPS) is 10.7.